The van der Waals surface area contributed by atoms with Crippen LogP contribution < -0.4 is 10.6 Å². The van der Waals surface area contributed by atoms with Gasteiger partial charge < -0.3 is 10.6 Å². The Balaban J connectivity index is 0.000000257. The summed E-state index contributed by atoms with van der Waals surface area (Å²) >= 11 is 0. The van der Waals surface area contributed by atoms with Gasteiger partial charge in [-0.1, -0.05) is 12.1 Å². The van der Waals surface area contributed by atoms with Gasteiger partial charge in [-0.25, -0.2) is 4.39 Å². The number of hydrogen-bond donors (Lipinski definition) is 2. The smallest absolute Gasteiger partial charge is 0.272 e. The first kappa shape index (κ1) is 25.6. The molecule has 2 amide bonds. The van der Waals surface area contributed by atoms with Crippen molar-refractivity contribution in [3.63, 3.8) is 0 Å². The van der Waals surface area contributed by atoms with Crippen LogP contribution >= 0.6 is 0 Å². The summed E-state index contributed by atoms with van der Waals surface area (Å²) in [6, 6.07) is 14.2. The lowest BCUT2D eigenvalue weighted by atomic mass is 10.1. The third-order valence-electron chi connectivity index (χ3n) is 4.48. The quantitative estimate of drug-likeness (QED) is 0.391. The van der Waals surface area contributed by atoms with E-state index in [0.29, 0.717) is 22.5 Å². The molecule has 176 valence electrons. The van der Waals surface area contributed by atoms with Crippen LogP contribution in [0.5, 0.6) is 0 Å². The lowest BCUT2D eigenvalue weighted by molar-refractivity contribution is -0.385. The van der Waals surface area contributed by atoms with E-state index in [1.165, 1.54) is 55.5 Å². The maximum Gasteiger partial charge on any atom is 0.272 e. The number of amides is 2. The van der Waals surface area contributed by atoms with Crippen LogP contribution in [0.15, 0.2) is 60.7 Å². The van der Waals surface area contributed by atoms with Gasteiger partial charge in [-0.05, 0) is 50.2 Å². The molecule has 3 rings (SSSR count). The van der Waals surface area contributed by atoms with E-state index < -0.39 is 21.6 Å². The third kappa shape index (κ3) is 6.92. The Morgan fingerprint density at radius 1 is 0.794 bits per heavy atom. The minimum atomic E-state index is -0.622. The normalized spacial score (nSPS) is 9.88. The maximum atomic E-state index is 13.4. The zero-order chi connectivity index (χ0) is 25.4. The average Bonchev–Trinajstić information content (AvgIpc) is 2.73. The minimum absolute atomic E-state index is 0.0334. The van der Waals surface area contributed by atoms with Gasteiger partial charge in [0.2, 0.25) is 5.91 Å². The number of hydrogen-bond acceptors (Lipinski definition) is 6. The largest absolute Gasteiger partial charge is 0.326 e. The van der Waals surface area contributed by atoms with E-state index in [1.807, 2.05) is 0 Å². The summed E-state index contributed by atoms with van der Waals surface area (Å²) in [5, 5.41) is 26.2. The van der Waals surface area contributed by atoms with Gasteiger partial charge in [0.15, 0.2) is 0 Å². The Kier molecular flexibility index (Phi) is 8.48. The van der Waals surface area contributed by atoms with Crippen molar-refractivity contribution in [1.82, 2.24) is 0 Å². The Morgan fingerprint density at radius 2 is 1.26 bits per heavy atom. The van der Waals surface area contributed by atoms with E-state index in [1.54, 1.807) is 26.0 Å². The first-order chi connectivity index (χ1) is 16.0. The number of benzene rings is 3. The SMILES string of the molecule is CC(=O)Nc1ccc([N+](=O)[O-])c(C)c1.Cc1cc(NC(=O)c2ccccc2F)ccc1[N+](=O)[O-]. The van der Waals surface area contributed by atoms with Crippen LogP contribution in [0, 0.1) is 39.9 Å². The zero-order valence-corrected chi connectivity index (χ0v) is 18.5. The monoisotopic (exact) mass is 468 g/mol. The predicted octanol–water partition coefficient (Wildman–Crippen LogP) is 5.16. The highest BCUT2D eigenvalue weighted by molar-refractivity contribution is 6.04. The van der Waals surface area contributed by atoms with Crippen molar-refractivity contribution in [2.24, 2.45) is 0 Å². The van der Waals surface area contributed by atoms with E-state index in [9.17, 15) is 34.2 Å². The zero-order valence-electron chi connectivity index (χ0n) is 18.5. The molecule has 0 unspecified atom stereocenters. The van der Waals surface area contributed by atoms with Crippen LogP contribution in [0.25, 0.3) is 0 Å². The Hall–Kier alpha value is -4.67. The van der Waals surface area contributed by atoms with Crippen molar-refractivity contribution in [1.29, 1.82) is 0 Å². The van der Waals surface area contributed by atoms with Gasteiger partial charge in [-0.15, -0.1) is 0 Å². The number of anilines is 2. The molecule has 0 aliphatic rings. The maximum absolute atomic E-state index is 13.4. The number of nitrogens with one attached hydrogen (secondary N) is 2. The molecule has 0 heterocycles. The molecule has 0 saturated heterocycles. The summed E-state index contributed by atoms with van der Waals surface area (Å²) in [5.41, 5.74) is 1.83. The lowest BCUT2D eigenvalue weighted by Crippen LogP contribution is -2.13. The van der Waals surface area contributed by atoms with Crippen LogP contribution in [0.3, 0.4) is 0 Å². The van der Waals surface area contributed by atoms with Crippen molar-refractivity contribution in [3.05, 3.63) is 103 Å². The van der Waals surface area contributed by atoms with Gasteiger partial charge >= 0.3 is 0 Å². The topological polar surface area (TPSA) is 144 Å². The molecule has 3 aromatic carbocycles. The molecule has 34 heavy (non-hydrogen) atoms. The standard InChI is InChI=1S/C14H11FN2O3.C9H10N2O3/c1-9-8-10(6-7-13(9)17(19)20)16-14(18)11-4-2-3-5-12(11)15;1-6-5-8(10-7(2)12)3-4-9(6)11(13)14/h2-8H,1H3,(H,16,18);3-5H,1-2H3,(H,10,12). The van der Waals surface area contributed by atoms with Crippen LogP contribution in [0.4, 0.5) is 27.1 Å². The number of carbonyl (C=O) groups excluding carboxylic acids is 2. The van der Waals surface area contributed by atoms with Crippen LogP contribution in [-0.4, -0.2) is 21.7 Å². The highest BCUT2D eigenvalue weighted by Gasteiger charge is 2.14. The van der Waals surface area contributed by atoms with Crippen molar-refractivity contribution >= 4 is 34.6 Å². The second-order valence-electron chi connectivity index (χ2n) is 7.13. The summed E-state index contributed by atoms with van der Waals surface area (Å²) in [7, 11) is 0. The van der Waals surface area contributed by atoms with Crippen LogP contribution in [0.2, 0.25) is 0 Å². The molecular weight excluding hydrogens is 447 g/mol. The summed E-state index contributed by atoms with van der Waals surface area (Å²) in [5.74, 6) is -1.42. The van der Waals surface area contributed by atoms with Crippen molar-refractivity contribution in [2.75, 3.05) is 10.6 Å². The van der Waals surface area contributed by atoms with Crippen molar-refractivity contribution in [2.45, 2.75) is 20.8 Å². The Labute approximate surface area is 193 Å². The number of nitrogens with zero attached hydrogens (tertiary/aromatic N) is 2. The Bertz CT molecular complexity index is 1260. The fourth-order valence-electron chi connectivity index (χ4n) is 2.92. The number of carbonyl (C=O) groups is 2. The van der Waals surface area contributed by atoms with E-state index >= 15 is 0 Å². The van der Waals surface area contributed by atoms with Crippen molar-refractivity contribution in [3.8, 4) is 0 Å². The minimum Gasteiger partial charge on any atom is -0.326 e. The fourth-order valence-corrected chi connectivity index (χ4v) is 2.92. The van der Waals surface area contributed by atoms with E-state index in [-0.39, 0.29) is 22.8 Å². The molecule has 0 saturated carbocycles. The molecule has 2 N–H and O–H groups in total. The van der Waals surface area contributed by atoms with Gasteiger partial charge in [0.05, 0.1) is 15.4 Å². The van der Waals surface area contributed by atoms with Gasteiger partial charge in [-0.3, -0.25) is 29.8 Å². The lowest BCUT2D eigenvalue weighted by Gasteiger charge is -2.07. The third-order valence-corrected chi connectivity index (χ3v) is 4.48. The molecule has 0 aromatic heterocycles. The van der Waals surface area contributed by atoms with Gasteiger partial charge in [0.25, 0.3) is 17.3 Å². The molecule has 0 radical (unpaired) electrons. The molecule has 0 aliphatic carbocycles. The molecule has 0 fully saturated rings. The number of aryl methyl sites for hydroxylation is 2. The highest BCUT2D eigenvalue weighted by atomic mass is 19.1. The predicted molar refractivity (Wildman–Crippen MR) is 124 cm³/mol. The molecule has 0 bridgehead atoms. The molecule has 11 heteroatoms. The van der Waals surface area contributed by atoms with Gasteiger partial charge in [0.1, 0.15) is 5.82 Å². The van der Waals surface area contributed by atoms with E-state index in [0.717, 1.165) is 0 Å². The molecule has 10 nitrogen and oxygen atoms in total. The second kappa shape index (κ2) is 11.3. The van der Waals surface area contributed by atoms with Gasteiger partial charge in [0, 0.05) is 41.6 Å². The first-order valence-electron chi connectivity index (χ1n) is 9.83. The molecular formula is C23H21FN4O6. The van der Waals surface area contributed by atoms with E-state index in [2.05, 4.69) is 10.6 Å². The fraction of sp³-hybridized carbons (Fsp3) is 0.130. The number of halogens is 1. The first-order valence-corrected chi connectivity index (χ1v) is 9.83. The molecule has 0 atom stereocenters. The molecule has 3 aromatic rings. The highest BCUT2D eigenvalue weighted by Crippen LogP contribution is 2.23. The van der Waals surface area contributed by atoms with Gasteiger partial charge in [-0.2, -0.15) is 0 Å². The second-order valence-corrected chi connectivity index (χ2v) is 7.13. The number of nitro groups is 2. The van der Waals surface area contributed by atoms with E-state index in [4.69, 9.17) is 0 Å². The average molecular weight is 468 g/mol. The summed E-state index contributed by atoms with van der Waals surface area (Å²) in [4.78, 5) is 42.8. The van der Waals surface area contributed by atoms with Crippen molar-refractivity contribution < 1.29 is 23.8 Å². The van der Waals surface area contributed by atoms with Crippen LogP contribution in [0.1, 0.15) is 28.4 Å². The number of rotatable bonds is 5. The summed E-state index contributed by atoms with van der Waals surface area (Å²) in [6.45, 7) is 4.58. The molecule has 0 spiro atoms. The molecule has 0 aliphatic heterocycles. The van der Waals surface area contributed by atoms with Crippen LogP contribution in [-0.2, 0) is 4.79 Å². The summed E-state index contributed by atoms with van der Waals surface area (Å²) in [6.07, 6.45) is 0. The summed E-state index contributed by atoms with van der Waals surface area (Å²) < 4.78 is 13.4. The Morgan fingerprint density at radius 3 is 1.68 bits per heavy atom. The number of nitro benzene ring substituents is 2.